The van der Waals surface area contributed by atoms with Crippen LogP contribution in [0.2, 0.25) is 0 Å². The highest BCUT2D eigenvalue weighted by molar-refractivity contribution is 6.07. The number of benzene rings is 1. The van der Waals surface area contributed by atoms with Gasteiger partial charge in [-0.2, -0.15) is 5.10 Å². The zero-order valence-corrected chi connectivity index (χ0v) is 10.1. The predicted octanol–water partition coefficient (Wildman–Crippen LogP) is 1.21. The van der Waals surface area contributed by atoms with Crippen LogP contribution < -0.4 is 10.6 Å². The van der Waals surface area contributed by atoms with Gasteiger partial charge in [0.15, 0.2) is 0 Å². The monoisotopic (exact) mass is 242 g/mol. The Kier molecular flexibility index (Phi) is 2.33. The van der Waals surface area contributed by atoms with E-state index >= 15 is 0 Å². The van der Waals surface area contributed by atoms with Crippen LogP contribution in [0.5, 0.6) is 0 Å². The maximum absolute atomic E-state index is 12.4. The van der Waals surface area contributed by atoms with Crippen LogP contribution in [-0.4, -0.2) is 22.2 Å². The van der Waals surface area contributed by atoms with Crippen LogP contribution in [0.25, 0.3) is 0 Å². The summed E-state index contributed by atoms with van der Waals surface area (Å²) in [5.74, 6) is -0.0209. The van der Waals surface area contributed by atoms with Crippen molar-refractivity contribution in [2.24, 2.45) is 7.05 Å². The summed E-state index contributed by atoms with van der Waals surface area (Å²) in [5.41, 5.74) is 9.15. The Labute approximate surface area is 105 Å². The first kappa shape index (κ1) is 10.8. The van der Waals surface area contributed by atoms with E-state index in [0.717, 1.165) is 12.1 Å². The van der Waals surface area contributed by atoms with Crippen LogP contribution in [0.1, 0.15) is 15.9 Å². The van der Waals surface area contributed by atoms with Crippen LogP contribution in [0.3, 0.4) is 0 Å². The standard InChI is InChI=1S/C13H14N4O/c1-16-8-10(7-15-16)13(18)17-5-4-9-2-3-11(14)6-12(9)17/h2-3,6-8H,4-5,14H2,1H3. The largest absolute Gasteiger partial charge is 0.399 e. The van der Waals surface area contributed by atoms with Gasteiger partial charge in [-0.1, -0.05) is 6.07 Å². The molecule has 0 unspecified atom stereocenters. The number of hydrogen-bond donors (Lipinski definition) is 1. The summed E-state index contributed by atoms with van der Waals surface area (Å²) in [6.45, 7) is 0.701. The number of aryl methyl sites for hydroxylation is 1. The average molecular weight is 242 g/mol. The topological polar surface area (TPSA) is 64.2 Å². The van der Waals surface area contributed by atoms with Gasteiger partial charge in [-0.05, 0) is 24.1 Å². The molecule has 1 aliphatic rings. The van der Waals surface area contributed by atoms with E-state index in [1.807, 2.05) is 18.2 Å². The van der Waals surface area contributed by atoms with Gasteiger partial charge in [0.05, 0.1) is 11.8 Å². The smallest absolute Gasteiger partial charge is 0.261 e. The van der Waals surface area contributed by atoms with Gasteiger partial charge in [-0.25, -0.2) is 0 Å². The lowest BCUT2D eigenvalue weighted by molar-refractivity contribution is 0.0989. The second kappa shape index (κ2) is 3.87. The molecule has 0 bridgehead atoms. The van der Waals surface area contributed by atoms with Crippen molar-refractivity contribution < 1.29 is 4.79 Å². The molecule has 0 saturated carbocycles. The molecule has 2 aromatic rings. The Bertz CT molecular complexity index is 617. The van der Waals surface area contributed by atoms with Crippen LogP contribution >= 0.6 is 0 Å². The van der Waals surface area contributed by atoms with Gasteiger partial charge >= 0.3 is 0 Å². The Morgan fingerprint density at radius 3 is 3.00 bits per heavy atom. The molecule has 0 fully saturated rings. The van der Waals surface area contributed by atoms with Crippen LogP contribution in [-0.2, 0) is 13.5 Å². The lowest BCUT2D eigenvalue weighted by Crippen LogP contribution is -2.28. The van der Waals surface area contributed by atoms with Crippen molar-refractivity contribution in [3.63, 3.8) is 0 Å². The zero-order chi connectivity index (χ0) is 12.7. The molecule has 1 amide bonds. The number of carbonyl (C=O) groups excluding carboxylic acids is 1. The van der Waals surface area contributed by atoms with Gasteiger partial charge in [0, 0.05) is 31.2 Å². The third kappa shape index (κ3) is 1.64. The number of rotatable bonds is 1. The zero-order valence-electron chi connectivity index (χ0n) is 10.1. The van der Waals surface area contributed by atoms with Gasteiger partial charge in [0.1, 0.15) is 0 Å². The molecule has 1 aromatic carbocycles. The number of aromatic nitrogens is 2. The van der Waals surface area contributed by atoms with Crippen molar-refractivity contribution in [2.45, 2.75) is 6.42 Å². The molecule has 0 aliphatic carbocycles. The van der Waals surface area contributed by atoms with E-state index in [2.05, 4.69) is 5.10 Å². The molecule has 5 heteroatoms. The van der Waals surface area contributed by atoms with Crippen molar-refractivity contribution in [1.29, 1.82) is 0 Å². The normalized spacial score (nSPS) is 13.7. The fourth-order valence-corrected chi connectivity index (χ4v) is 2.29. The van der Waals surface area contributed by atoms with E-state index in [0.29, 0.717) is 17.8 Å². The molecule has 0 atom stereocenters. The Morgan fingerprint density at radius 1 is 1.44 bits per heavy atom. The second-order valence-corrected chi connectivity index (χ2v) is 4.50. The van der Waals surface area contributed by atoms with E-state index in [1.54, 1.807) is 29.0 Å². The number of carbonyl (C=O) groups is 1. The average Bonchev–Trinajstić information content (AvgIpc) is 2.94. The number of amides is 1. The van der Waals surface area contributed by atoms with E-state index < -0.39 is 0 Å². The van der Waals surface area contributed by atoms with Gasteiger partial charge in [0.2, 0.25) is 0 Å². The summed E-state index contributed by atoms with van der Waals surface area (Å²) in [4.78, 5) is 14.1. The molecule has 0 radical (unpaired) electrons. The Morgan fingerprint density at radius 2 is 2.28 bits per heavy atom. The van der Waals surface area contributed by atoms with E-state index in [9.17, 15) is 4.79 Å². The molecule has 0 saturated heterocycles. The summed E-state index contributed by atoms with van der Waals surface area (Å²) < 4.78 is 1.63. The first-order valence-electron chi connectivity index (χ1n) is 5.84. The molecular formula is C13H14N4O. The molecule has 1 aromatic heterocycles. The number of anilines is 2. The summed E-state index contributed by atoms with van der Waals surface area (Å²) in [6.07, 6.45) is 4.20. The lowest BCUT2D eigenvalue weighted by Gasteiger charge is -2.16. The third-order valence-electron chi connectivity index (χ3n) is 3.20. The summed E-state index contributed by atoms with van der Waals surface area (Å²) in [5, 5.41) is 4.03. The highest BCUT2D eigenvalue weighted by Crippen LogP contribution is 2.30. The van der Waals surface area contributed by atoms with Gasteiger partial charge < -0.3 is 10.6 Å². The number of hydrogen-bond acceptors (Lipinski definition) is 3. The van der Waals surface area contributed by atoms with Gasteiger partial charge in [0.25, 0.3) is 5.91 Å². The summed E-state index contributed by atoms with van der Waals surface area (Å²) >= 11 is 0. The van der Waals surface area contributed by atoms with Crippen LogP contribution in [0.4, 0.5) is 11.4 Å². The van der Waals surface area contributed by atoms with Crippen molar-refractivity contribution in [3.05, 3.63) is 41.7 Å². The third-order valence-corrected chi connectivity index (χ3v) is 3.20. The Hall–Kier alpha value is -2.30. The van der Waals surface area contributed by atoms with Crippen molar-refractivity contribution in [3.8, 4) is 0 Å². The second-order valence-electron chi connectivity index (χ2n) is 4.50. The Balaban J connectivity index is 1.96. The van der Waals surface area contributed by atoms with E-state index in [1.165, 1.54) is 5.56 Å². The highest BCUT2D eigenvalue weighted by Gasteiger charge is 2.26. The fourth-order valence-electron chi connectivity index (χ4n) is 2.29. The minimum absolute atomic E-state index is 0.0209. The van der Waals surface area contributed by atoms with Crippen molar-refractivity contribution in [1.82, 2.24) is 9.78 Å². The van der Waals surface area contributed by atoms with E-state index in [4.69, 9.17) is 5.73 Å². The first-order valence-corrected chi connectivity index (χ1v) is 5.84. The summed E-state index contributed by atoms with van der Waals surface area (Å²) in [7, 11) is 1.80. The number of nitrogen functional groups attached to an aromatic ring is 1. The van der Waals surface area contributed by atoms with Crippen molar-refractivity contribution in [2.75, 3.05) is 17.2 Å². The minimum Gasteiger partial charge on any atom is -0.399 e. The molecule has 0 spiro atoms. The highest BCUT2D eigenvalue weighted by atomic mass is 16.2. The number of nitrogens with two attached hydrogens (primary N) is 1. The van der Waals surface area contributed by atoms with Crippen molar-refractivity contribution >= 4 is 17.3 Å². The van der Waals surface area contributed by atoms with Crippen LogP contribution in [0, 0.1) is 0 Å². The molecule has 5 nitrogen and oxygen atoms in total. The predicted molar refractivity (Wildman–Crippen MR) is 69.4 cm³/mol. The van der Waals surface area contributed by atoms with Gasteiger partial charge in [-0.3, -0.25) is 9.48 Å². The molecule has 92 valence electrons. The molecule has 2 N–H and O–H groups in total. The minimum atomic E-state index is -0.0209. The SMILES string of the molecule is Cn1cc(C(=O)N2CCc3ccc(N)cc32)cn1. The van der Waals surface area contributed by atoms with Gasteiger partial charge in [-0.15, -0.1) is 0 Å². The van der Waals surface area contributed by atoms with E-state index in [-0.39, 0.29) is 5.91 Å². The van der Waals surface area contributed by atoms with Crippen LogP contribution in [0.15, 0.2) is 30.6 Å². The number of fused-ring (bicyclic) bond motifs is 1. The molecular weight excluding hydrogens is 228 g/mol. The molecule has 2 heterocycles. The maximum atomic E-state index is 12.4. The molecule has 1 aliphatic heterocycles. The quantitative estimate of drug-likeness (QED) is 0.764. The first-order chi connectivity index (χ1) is 8.65. The maximum Gasteiger partial charge on any atom is 0.261 e. The summed E-state index contributed by atoms with van der Waals surface area (Å²) in [6, 6.07) is 5.72. The number of nitrogens with zero attached hydrogens (tertiary/aromatic N) is 3. The fraction of sp³-hybridized carbons (Fsp3) is 0.231. The lowest BCUT2D eigenvalue weighted by atomic mass is 10.1. The molecule has 3 rings (SSSR count). The molecule has 18 heavy (non-hydrogen) atoms.